The molecule has 0 bridgehead atoms. The van der Waals surface area contributed by atoms with E-state index in [1.165, 1.54) is 38.5 Å². The maximum absolute atomic E-state index is 6.10. The van der Waals surface area contributed by atoms with E-state index in [4.69, 9.17) is 32.7 Å². The fourth-order valence-corrected chi connectivity index (χ4v) is 3.64. The molecule has 0 spiro atoms. The van der Waals surface area contributed by atoms with Crippen molar-refractivity contribution in [3.05, 3.63) is 40.4 Å². The highest BCUT2D eigenvalue weighted by Crippen LogP contribution is 2.33. The van der Waals surface area contributed by atoms with Crippen molar-refractivity contribution in [2.45, 2.75) is 51.9 Å². The summed E-state index contributed by atoms with van der Waals surface area (Å²) in [6, 6.07) is 9.38. The normalized spacial score (nSPS) is 11.2. The summed E-state index contributed by atoms with van der Waals surface area (Å²) in [6.45, 7) is 2.94. The number of hydrogen-bond donors (Lipinski definition) is 1. The van der Waals surface area contributed by atoms with Gasteiger partial charge in [0.2, 0.25) is 0 Å². The van der Waals surface area contributed by atoms with Gasteiger partial charge in [0.05, 0.1) is 34.8 Å². The van der Waals surface area contributed by atoms with E-state index < -0.39 is 0 Å². The number of unbranched alkanes of at least 4 members (excludes halogenated alkanes) is 6. The lowest BCUT2D eigenvalue weighted by molar-refractivity contribution is 0.284. The van der Waals surface area contributed by atoms with Crippen LogP contribution in [0.4, 0.5) is 0 Å². The molecule has 0 unspecified atom stereocenters. The Morgan fingerprint density at radius 3 is 2.38 bits per heavy atom. The van der Waals surface area contributed by atoms with Crippen molar-refractivity contribution in [1.29, 1.82) is 0 Å². The fourth-order valence-electron chi connectivity index (χ4n) is 3.32. The van der Waals surface area contributed by atoms with E-state index in [2.05, 4.69) is 16.9 Å². The van der Waals surface area contributed by atoms with Crippen LogP contribution in [0.1, 0.15) is 51.9 Å². The van der Waals surface area contributed by atoms with Crippen molar-refractivity contribution in [1.82, 2.24) is 9.97 Å². The number of imidazole rings is 1. The van der Waals surface area contributed by atoms with Gasteiger partial charge in [-0.05, 0) is 36.8 Å². The molecule has 0 radical (unpaired) electrons. The number of aromatic nitrogens is 2. The molecule has 4 nitrogen and oxygen atoms in total. The summed E-state index contributed by atoms with van der Waals surface area (Å²) in [5.74, 6) is 2.18. The zero-order valence-corrected chi connectivity index (χ0v) is 18.6. The zero-order chi connectivity index (χ0) is 20.6. The van der Waals surface area contributed by atoms with Crippen molar-refractivity contribution >= 4 is 34.2 Å². The van der Waals surface area contributed by atoms with Gasteiger partial charge in [0, 0.05) is 5.56 Å². The summed E-state index contributed by atoms with van der Waals surface area (Å²) in [5, 5.41) is 0.991. The molecule has 1 heterocycles. The van der Waals surface area contributed by atoms with E-state index in [9.17, 15) is 0 Å². The van der Waals surface area contributed by atoms with Crippen molar-refractivity contribution < 1.29 is 9.47 Å². The molecule has 3 rings (SSSR count). The Balaban J connectivity index is 1.61. The molecule has 0 saturated heterocycles. The number of methoxy groups -OCH3 is 1. The molecule has 1 aromatic heterocycles. The third-order valence-electron chi connectivity index (χ3n) is 4.97. The highest BCUT2D eigenvalue weighted by atomic mass is 35.5. The van der Waals surface area contributed by atoms with Gasteiger partial charge in [0.15, 0.2) is 11.5 Å². The number of benzene rings is 2. The van der Waals surface area contributed by atoms with Crippen LogP contribution in [0.5, 0.6) is 11.5 Å². The first-order chi connectivity index (χ1) is 14.1. The van der Waals surface area contributed by atoms with Crippen LogP contribution in [-0.4, -0.2) is 23.7 Å². The van der Waals surface area contributed by atoms with Crippen molar-refractivity contribution in [2.24, 2.45) is 0 Å². The van der Waals surface area contributed by atoms with Crippen molar-refractivity contribution in [3.63, 3.8) is 0 Å². The number of H-pyrrole nitrogens is 1. The van der Waals surface area contributed by atoms with Gasteiger partial charge in [-0.25, -0.2) is 4.98 Å². The zero-order valence-electron chi connectivity index (χ0n) is 17.1. The summed E-state index contributed by atoms with van der Waals surface area (Å²) < 4.78 is 11.5. The molecule has 3 aromatic rings. The first-order valence-corrected chi connectivity index (χ1v) is 11.0. The minimum atomic E-state index is 0.490. The molecule has 1 N–H and O–H groups in total. The summed E-state index contributed by atoms with van der Waals surface area (Å²) in [4.78, 5) is 7.89. The number of ether oxygens (including phenoxy) is 2. The Bertz CT molecular complexity index is 901. The van der Waals surface area contributed by atoms with E-state index >= 15 is 0 Å². The Kier molecular flexibility index (Phi) is 8.08. The second kappa shape index (κ2) is 10.7. The summed E-state index contributed by atoms with van der Waals surface area (Å²) in [7, 11) is 1.65. The third-order valence-corrected chi connectivity index (χ3v) is 5.69. The highest BCUT2D eigenvalue weighted by molar-refractivity contribution is 6.42. The van der Waals surface area contributed by atoms with Gasteiger partial charge >= 0.3 is 0 Å². The SMILES string of the molecule is CCCCCCCCCOc1ccc(-c2nc3cc(Cl)c(Cl)cc3[nH]2)cc1OC. The summed E-state index contributed by atoms with van der Waals surface area (Å²) >= 11 is 12.2. The molecule has 156 valence electrons. The molecular weight excluding hydrogens is 407 g/mol. The van der Waals surface area contributed by atoms with Crippen molar-refractivity contribution in [3.8, 4) is 22.9 Å². The topological polar surface area (TPSA) is 47.1 Å². The van der Waals surface area contributed by atoms with E-state index in [0.717, 1.165) is 34.6 Å². The number of halogens is 2. The maximum atomic E-state index is 6.10. The minimum Gasteiger partial charge on any atom is -0.493 e. The molecule has 0 aliphatic heterocycles. The maximum Gasteiger partial charge on any atom is 0.161 e. The monoisotopic (exact) mass is 434 g/mol. The molecule has 6 heteroatoms. The average Bonchev–Trinajstić information content (AvgIpc) is 3.13. The van der Waals surface area contributed by atoms with Crippen LogP contribution in [0.3, 0.4) is 0 Å². The Morgan fingerprint density at radius 2 is 1.62 bits per heavy atom. The largest absolute Gasteiger partial charge is 0.493 e. The van der Waals surface area contributed by atoms with Gasteiger partial charge in [0.25, 0.3) is 0 Å². The number of fused-ring (bicyclic) bond motifs is 1. The molecule has 2 aromatic carbocycles. The Hall–Kier alpha value is -1.91. The second-order valence-electron chi connectivity index (χ2n) is 7.20. The van der Waals surface area contributed by atoms with Crippen LogP contribution >= 0.6 is 23.2 Å². The van der Waals surface area contributed by atoms with Crippen LogP contribution in [0.2, 0.25) is 10.0 Å². The summed E-state index contributed by atoms with van der Waals surface area (Å²) in [5.41, 5.74) is 2.52. The van der Waals surface area contributed by atoms with E-state index in [0.29, 0.717) is 22.4 Å². The van der Waals surface area contributed by atoms with Crippen LogP contribution in [-0.2, 0) is 0 Å². The Labute approximate surface area is 182 Å². The molecule has 29 heavy (non-hydrogen) atoms. The van der Waals surface area contributed by atoms with Crippen LogP contribution in [0.15, 0.2) is 30.3 Å². The van der Waals surface area contributed by atoms with Gasteiger partial charge in [0.1, 0.15) is 5.82 Å². The highest BCUT2D eigenvalue weighted by Gasteiger charge is 2.12. The third kappa shape index (κ3) is 5.80. The number of nitrogens with one attached hydrogen (secondary N) is 1. The number of nitrogens with zero attached hydrogens (tertiary/aromatic N) is 1. The van der Waals surface area contributed by atoms with Gasteiger partial charge < -0.3 is 14.5 Å². The van der Waals surface area contributed by atoms with Gasteiger partial charge in [-0.1, -0.05) is 68.7 Å². The number of hydrogen-bond acceptors (Lipinski definition) is 3. The van der Waals surface area contributed by atoms with Gasteiger partial charge in [-0.3, -0.25) is 0 Å². The van der Waals surface area contributed by atoms with Crippen LogP contribution in [0, 0.1) is 0 Å². The Morgan fingerprint density at radius 1 is 0.897 bits per heavy atom. The predicted molar refractivity (Wildman–Crippen MR) is 122 cm³/mol. The average molecular weight is 435 g/mol. The first kappa shape index (κ1) is 21.8. The molecule has 0 amide bonds. The smallest absolute Gasteiger partial charge is 0.161 e. The van der Waals surface area contributed by atoms with E-state index in [1.807, 2.05) is 18.2 Å². The van der Waals surface area contributed by atoms with Gasteiger partial charge in [-0.15, -0.1) is 0 Å². The van der Waals surface area contributed by atoms with Crippen molar-refractivity contribution in [2.75, 3.05) is 13.7 Å². The molecule has 0 aliphatic rings. The fraction of sp³-hybridized carbons (Fsp3) is 0.435. The number of rotatable bonds is 11. The lowest BCUT2D eigenvalue weighted by Crippen LogP contribution is -1.99. The van der Waals surface area contributed by atoms with Crippen LogP contribution in [0.25, 0.3) is 22.4 Å². The minimum absolute atomic E-state index is 0.490. The molecule has 0 aliphatic carbocycles. The molecule has 0 fully saturated rings. The molecule has 0 saturated carbocycles. The van der Waals surface area contributed by atoms with Crippen LogP contribution < -0.4 is 9.47 Å². The summed E-state index contributed by atoms with van der Waals surface area (Å²) in [6.07, 6.45) is 8.82. The number of aromatic amines is 1. The van der Waals surface area contributed by atoms with Gasteiger partial charge in [-0.2, -0.15) is 0 Å². The quantitative estimate of drug-likeness (QED) is 0.314. The molecular formula is C23H28Cl2N2O2. The second-order valence-corrected chi connectivity index (χ2v) is 8.02. The standard InChI is InChI=1S/C23H28Cl2N2O2/c1-3-4-5-6-7-8-9-12-29-21-11-10-16(13-22(21)28-2)23-26-19-14-17(24)18(25)15-20(19)27-23/h10-11,13-15H,3-9,12H2,1-2H3,(H,26,27). The van der Waals surface area contributed by atoms with E-state index in [-0.39, 0.29) is 0 Å². The lowest BCUT2D eigenvalue weighted by atomic mass is 10.1. The lowest BCUT2D eigenvalue weighted by Gasteiger charge is -2.11. The first-order valence-electron chi connectivity index (χ1n) is 10.3. The molecule has 0 atom stereocenters. The van der Waals surface area contributed by atoms with E-state index in [1.54, 1.807) is 19.2 Å². The predicted octanol–water partition coefficient (Wildman–Crippen LogP) is 7.67.